The number of hydrogen-bond donors (Lipinski definition) is 2. The van der Waals surface area contributed by atoms with E-state index < -0.39 is 0 Å². The third-order valence-corrected chi connectivity index (χ3v) is 5.90. The first-order valence-electron chi connectivity index (χ1n) is 8.35. The number of alkyl halides is 1. The largest absolute Gasteiger partial charge is 0.323 e. The van der Waals surface area contributed by atoms with E-state index in [1.54, 1.807) is 0 Å². The number of nitrogens with two attached hydrogens (primary N) is 1. The number of hydrazone groups is 1. The molecule has 0 aromatic heterocycles. The van der Waals surface area contributed by atoms with Crippen molar-refractivity contribution < 1.29 is 4.39 Å². The van der Waals surface area contributed by atoms with Gasteiger partial charge in [0.15, 0.2) is 0 Å². The van der Waals surface area contributed by atoms with E-state index in [9.17, 15) is 4.39 Å². The van der Waals surface area contributed by atoms with Gasteiger partial charge >= 0.3 is 0 Å². The van der Waals surface area contributed by atoms with Crippen LogP contribution in [0.15, 0.2) is 41.5 Å². The number of nitrogens with one attached hydrogen (secondary N) is 1. The molecule has 0 bridgehead atoms. The maximum absolute atomic E-state index is 13.1. The first-order valence-corrected chi connectivity index (χ1v) is 9.47. The molecule has 3 N–H and O–H groups in total. The molecule has 0 spiro atoms. The molecule has 1 aromatic rings. The van der Waals surface area contributed by atoms with Crippen LogP contribution in [-0.4, -0.2) is 23.6 Å². The summed E-state index contributed by atoms with van der Waals surface area (Å²) in [7, 11) is 0. The molecule has 0 heterocycles. The Bertz CT molecular complexity index is 604. The zero-order chi connectivity index (χ0) is 17.8. The lowest BCUT2D eigenvalue weighted by Crippen LogP contribution is -2.37. The highest BCUT2D eigenvalue weighted by Gasteiger charge is 2.45. The molecule has 0 amide bonds. The highest BCUT2D eigenvalue weighted by atomic mass is 79.9. The molecule has 1 atom stereocenters. The number of benzene rings is 1. The minimum atomic E-state index is -0.201. The molecular formula is C19H27BrFN3. The minimum absolute atomic E-state index is 0.0752. The molecule has 1 aliphatic rings. The SMILES string of the molecule is CC(/C=C\C(=N/N)C1(CBr)CC1)NCC(C)(C)c1ccc(F)cc1. The zero-order valence-corrected chi connectivity index (χ0v) is 16.2. The van der Waals surface area contributed by atoms with Crippen LogP contribution in [0, 0.1) is 11.2 Å². The van der Waals surface area contributed by atoms with Crippen molar-refractivity contribution in [3.63, 3.8) is 0 Å². The van der Waals surface area contributed by atoms with Gasteiger partial charge in [-0.2, -0.15) is 5.10 Å². The van der Waals surface area contributed by atoms with Crippen molar-refractivity contribution in [2.45, 2.75) is 45.1 Å². The van der Waals surface area contributed by atoms with Crippen molar-refractivity contribution in [1.29, 1.82) is 0 Å². The Balaban J connectivity index is 1.91. The standard InChI is InChI=1S/C19H27BrFN3/c1-14(4-9-17(24-22)19(12-20)10-11-19)23-13-18(2,3)15-5-7-16(21)8-6-15/h4-9,14,23H,10-13,22H2,1-3H3/b9-4-,24-17+. The molecule has 0 saturated heterocycles. The van der Waals surface area contributed by atoms with Crippen molar-refractivity contribution in [3.8, 4) is 0 Å². The summed E-state index contributed by atoms with van der Waals surface area (Å²) in [5, 5.41) is 8.39. The van der Waals surface area contributed by atoms with Crippen LogP contribution >= 0.6 is 15.9 Å². The van der Waals surface area contributed by atoms with Crippen LogP contribution < -0.4 is 11.2 Å². The van der Waals surface area contributed by atoms with Gasteiger partial charge in [0, 0.05) is 28.7 Å². The van der Waals surface area contributed by atoms with Gasteiger partial charge in [0.1, 0.15) is 5.82 Å². The van der Waals surface area contributed by atoms with Gasteiger partial charge in [-0.15, -0.1) is 0 Å². The number of rotatable bonds is 8. The minimum Gasteiger partial charge on any atom is -0.323 e. The lowest BCUT2D eigenvalue weighted by molar-refractivity contribution is 0.454. The summed E-state index contributed by atoms with van der Waals surface area (Å²) < 4.78 is 13.1. The number of halogens is 2. The summed E-state index contributed by atoms with van der Waals surface area (Å²) in [6.07, 6.45) is 6.42. The van der Waals surface area contributed by atoms with Gasteiger partial charge in [-0.1, -0.05) is 48.0 Å². The van der Waals surface area contributed by atoms with Gasteiger partial charge in [-0.3, -0.25) is 0 Å². The second kappa shape index (κ2) is 7.79. The third-order valence-electron chi connectivity index (χ3n) is 4.83. The molecule has 1 saturated carbocycles. The van der Waals surface area contributed by atoms with E-state index >= 15 is 0 Å². The van der Waals surface area contributed by atoms with Crippen LogP contribution in [0.25, 0.3) is 0 Å². The van der Waals surface area contributed by atoms with Crippen molar-refractivity contribution in [3.05, 3.63) is 47.8 Å². The highest BCUT2D eigenvalue weighted by Crippen LogP contribution is 2.48. The Labute approximate surface area is 152 Å². The maximum atomic E-state index is 13.1. The molecule has 24 heavy (non-hydrogen) atoms. The van der Waals surface area contributed by atoms with Gasteiger partial charge in [-0.25, -0.2) is 4.39 Å². The van der Waals surface area contributed by atoms with Crippen LogP contribution in [0.4, 0.5) is 4.39 Å². The van der Waals surface area contributed by atoms with Crippen molar-refractivity contribution in [1.82, 2.24) is 5.32 Å². The summed E-state index contributed by atoms with van der Waals surface area (Å²) in [6, 6.07) is 6.93. The second-order valence-electron chi connectivity index (χ2n) is 7.35. The molecule has 1 aromatic carbocycles. The lowest BCUT2D eigenvalue weighted by atomic mass is 9.84. The van der Waals surface area contributed by atoms with E-state index in [0.29, 0.717) is 0 Å². The van der Waals surface area contributed by atoms with E-state index in [1.807, 2.05) is 18.2 Å². The average Bonchev–Trinajstić information content (AvgIpc) is 3.35. The van der Waals surface area contributed by atoms with Gasteiger partial charge in [0.2, 0.25) is 0 Å². The van der Waals surface area contributed by atoms with E-state index in [2.05, 4.69) is 53.2 Å². The summed E-state index contributed by atoms with van der Waals surface area (Å²) in [5.74, 6) is 5.36. The fourth-order valence-corrected chi connectivity index (χ4v) is 3.54. The van der Waals surface area contributed by atoms with Crippen molar-refractivity contribution in [2.24, 2.45) is 16.4 Å². The Morgan fingerprint density at radius 3 is 2.54 bits per heavy atom. The van der Waals surface area contributed by atoms with Crippen LogP contribution in [0.3, 0.4) is 0 Å². The van der Waals surface area contributed by atoms with E-state index in [-0.39, 0.29) is 22.7 Å². The van der Waals surface area contributed by atoms with Crippen molar-refractivity contribution in [2.75, 3.05) is 11.9 Å². The molecule has 1 fully saturated rings. The Kier molecular flexibility index (Phi) is 6.21. The first-order chi connectivity index (χ1) is 11.3. The molecular weight excluding hydrogens is 369 g/mol. The lowest BCUT2D eigenvalue weighted by Gasteiger charge is -2.27. The van der Waals surface area contributed by atoms with E-state index in [0.717, 1.165) is 36.0 Å². The summed E-state index contributed by atoms with van der Waals surface area (Å²) in [6.45, 7) is 7.21. The quantitative estimate of drug-likeness (QED) is 0.301. The van der Waals surface area contributed by atoms with Crippen LogP contribution in [0.2, 0.25) is 0 Å². The maximum Gasteiger partial charge on any atom is 0.123 e. The predicted octanol–water partition coefficient (Wildman–Crippen LogP) is 4.13. The summed E-state index contributed by atoms with van der Waals surface area (Å²) in [5.41, 5.74) is 2.14. The van der Waals surface area contributed by atoms with Crippen LogP contribution in [-0.2, 0) is 5.41 Å². The van der Waals surface area contributed by atoms with Crippen LogP contribution in [0.5, 0.6) is 0 Å². The topological polar surface area (TPSA) is 50.4 Å². The molecule has 0 radical (unpaired) electrons. The van der Waals surface area contributed by atoms with Gasteiger partial charge in [0.05, 0.1) is 5.71 Å². The van der Waals surface area contributed by atoms with E-state index in [4.69, 9.17) is 5.84 Å². The number of allylic oxidation sites excluding steroid dienone is 1. The molecule has 5 heteroatoms. The second-order valence-corrected chi connectivity index (χ2v) is 7.91. The molecule has 0 aliphatic heterocycles. The average molecular weight is 396 g/mol. The normalized spacial score (nSPS) is 18.8. The molecule has 1 unspecified atom stereocenters. The Morgan fingerprint density at radius 1 is 1.42 bits per heavy atom. The number of hydrogen-bond acceptors (Lipinski definition) is 3. The Morgan fingerprint density at radius 2 is 2.04 bits per heavy atom. The van der Waals surface area contributed by atoms with Gasteiger partial charge < -0.3 is 11.2 Å². The fraction of sp³-hybridized carbons (Fsp3) is 0.526. The molecule has 2 rings (SSSR count). The molecule has 132 valence electrons. The predicted molar refractivity (Wildman–Crippen MR) is 103 cm³/mol. The van der Waals surface area contributed by atoms with Gasteiger partial charge in [-0.05, 0) is 43.5 Å². The smallest absolute Gasteiger partial charge is 0.123 e. The van der Waals surface area contributed by atoms with E-state index in [1.165, 1.54) is 12.1 Å². The monoisotopic (exact) mass is 395 g/mol. The Hall–Kier alpha value is -1.20. The first kappa shape index (κ1) is 19.1. The van der Waals surface area contributed by atoms with Crippen molar-refractivity contribution >= 4 is 21.6 Å². The molecule has 3 nitrogen and oxygen atoms in total. The molecule has 1 aliphatic carbocycles. The fourth-order valence-electron chi connectivity index (χ4n) is 2.69. The highest BCUT2D eigenvalue weighted by molar-refractivity contribution is 9.09. The number of nitrogens with zero attached hydrogens (tertiary/aromatic N) is 1. The van der Waals surface area contributed by atoms with Gasteiger partial charge in [0.25, 0.3) is 0 Å². The third kappa shape index (κ3) is 4.67. The zero-order valence-electron chi connectivity index (χ0n) is 14.7. The summed E-state index contributed by atoms with van der Waals surface area (Å²) in [4.78, 5) is 0. The summed E-state index contributed by atoms with van der Waals surface area (Å²) >= 11 is 3.56. The van der Waals surface area contributed by atoms with Crippen LogP contribution in [0.1, 0.15) is 39.2 Å².